The Kier molecular flexibility index (Phi) is 7.13. The lowest BCUT2D eigenvalue weighted by Crippen LogP contribution is -2.43. The van der Waals surface area contributed by atoms with Crippen molar-refractivity contribution < 1.29 is 18.3 Å². The van der Waals surface area contributed by atoms with Crippen molar-refractivity contribution in [3.63, 3.8) is 0 Å². The first-order chi connectivity index (χ1) is 22.9. The Hall–Kier alpha value is -5.62. The topological polar surface area (TPSA) is 117 Å². The molecule has 10 nitrogen and oxygen atoms in total. The number of halogens is 2. The van der Waals surface area contributed by atoms with E-state index >= 15 is 8.78 Å². The molecule has 1 aliphatic heterocycles. The van der Waals surface area contributed by atoms with Crippen molar-refractivity contribution in [2.75, 3.05) is 36.4 Å². The van der Waals surface area contributed by atoms with Gasteiger partial charge in [0.1, 0.15) is 23.4 Å². The predicted molar refractivity (Wildman–Crippen MR) is 175 cm³/mol. The number of fused-ring (bicyclic) bond motifs is 2. The molecule has 0 atom stereocenters. The molecule has 1 saturated carbocycles. The van der Waals surface area contributed by atoms with Gasteiger partial charge in [-0.2, -0.15) is 0 Å². The third kappa shape index (κ3) is 5.36. The van der Waals surface area contributed by atoms with E-state index in [1.807, 2.05) is 39.8 Å². The molecule has 0 spiro atoms. The van der Waals surface area contributed by atoms with Gasteiger partial charge in [0.15, 0.2) is 11.6 Å². The zero-order valence-corrected chi connectivity index (χ0v) is 25.1. The van der Waals surface area contributed by atoms with Crippen molar-refractivity contribution in [3.8, 4) is 22.8 Å². The number of piperazine rings is 1. The molecule has 236 valence electrons. The Balaban J connectivity index is 1.08. The van der Waals surface area contributed by atoms with E-state index in [4.69, 9.17) is 4.74 Å². The Morgan fingerprint density at radius 3 is 2.55 bits per heavy atom. The number of nitrogens with one attached hydrogen (secondary N) is 3. The first kappa shape index (κ1) is 28.8. The average Bonchev–Trinajstić information content (AvgIpc) is 3.84. The van der Waals surface area contributed by atoms with Gasteiger partial charge in [-0.05, 0) is 42.7 Å². The van der Waals surface area contributed by atoms with E-state index in [9.17, 15) is 9.59 Å². The van der Waals surface area contributed by atoms with E-state index in [1.54, 1.807) is 12.3 Å². The van der Waals surface area contributed by atoms with E-state index in [0.717, 1.165) is 43.1 Å². The maximum atomic E-state index is 15.4. The molecular weight excluding hydrogens is 604 g/mol. The number of ether oxygens (including phenoxy) is 1. The highest BCUT2D eigenvalue weighted by molar-refractivity contribution is 6.06. The van der Waals surface area contributed by atoms with Crippen molar-refractivity contribution in [2.24, 2.45) is 0 Å². The number of H-pyrrole nitrogens is 1. The third-order valence-corrected chi connectivity index (χ3v) is 8.66. The highest BCUT2D eigenvalue weighted by atomic mass is 19.1. The maximum absolute atomic E-state index is 15.4. The molecule has 1 saturated heterocycles. The molecule has 3 aromatic carbocycles. The van der Waals surface area contributed by atoms with Gasteiger partial charge < -0.3 is 29.8 Å². The summed E-state index contributed by atoms with van der Waals surface area (Å²) in [7, 11) is 0. The Labute approximate surface area is 267 Å². The number of hydrogen-bond acceptors (Lipinski definition) is 7. The second-order valence-corrected chi connectivity index (χ2v) is 11.7. The smallest absolute Gasteiger partial charge is 0.261 e. The number of aromatic amines is 1. The monoisotopic (exact) mass is 633 g/mol. The summed E-state index contributed by atoms with van der Waals surface area (Å²) in [6.45, 7) is 2.79. The van der Waals surface area contributed by atoms with Crippen LogP contribution in [0.5, 0.6) is 11.6 Å². The minimum absolute atomic E-state index is 0.107. The number of nitrogens with zero attached hydrogens (tertiary/aromatic N) is 4. The molecule has 4 heterocycles. The normalized spacial score (nSPS) is 14.9. The molecule has 0 unspecified atom stereocenters. The number of carbonyl (C=O) groups is 1. The van der Waals surface area contributed by atoms with E-state index in [2.05, 4.69) is 25.6 Å². The Morgan fingerprint density at radius 1 is 0.979 bits per heavy atom. The third-order valence-electron chi connectivity index (χ3n) is 8.66. The van der Waals surface area contributed by atoms with Crippen molar-refractivity contribution in [1.82, 2.24) is 24.8 Å². The number of rotatable bonds is 7. The van der Waals surface area contributed by atoms with Crippen molar-refractivity contribution in [1.29, 1.82) is 0 Å². The number of pyridine rings is 1. The summed E-state index contributed by atoms with van der Waals surface area (Å²) in [4.78, 5) is 40.6. The zero-order chi connectivity index (χ0) is 32.1. The van der Waals surface area contributed by atoms with Gasteiger partial charge in [-0.1, -0.05) is 30.3 Å². The molecule has 2 aliphatic rings. The van der Waals surface area contributed by atoms with Gasteiger partial charge in [0.05, 0.1) is 16.6 Å². The van der Waals surface area contributed by atoms with Crippen LogP contribution in [0.15, 0.2) is 84.2 Å². The molecule has 1 aliphatic carbocycles. The number of aromatic nitrogens is 4. The SMILES string of the molecule is O=C(Nc1ccc(Oc2ncnc3[nH]cc(-c4ccccc4)c23)c(F)c1)c1cn(C2CC2)c2cc(N3CCNCC3)c(F)cc2c1=O. The van der Waals surface area contributed by atoms with Gasteiger partial charge in [-0.3, -0.25) is 9.59 Å². The second-order valence-electron chi connectivity index (χ2n) is 11.7. The zero-order valence-electron chi connectivity index (χ0n) is 25.1. The molecule has 3 aromatic heterocycles. The number of amides is 1. The lowest BCUT2D eigenvalue weighted by atomic mass is 10.1. The molecule has 0 bridgehead atoms. The van der Waals surface area contributed by atoms with Gasteiger partial charge in [-0.25, -0.2) is 18.7 Å². The summed E-state index contributed by atoms with van der Waals surface area (Å²) in [5.41, 5.74) is 2.66. The maximum Gasteiger partial charge on any atom is 0.261 e. The number of benzene rings is 3. The summed E-state index contributed by atoms with van der Waals surface area (Å²) in [5, 5.41) is 6.61. The molecular formula is C35H29F2N7O3. The van der Waals surface area contributed by atoms with Crippen LogP contribution in [0, 0.1) is 11.6 Å². The predicted octanol–water partition coefficient (Wildman–Crippen LogP) is 6.01. The fraction of sp³-hybridized carbons (Fsp3) is 0.200. The van der Waals surface area contributed by atoms with Gasteiger partial charge >= 0.3 is 0 Å². The standard InChI is InChI=1S/C35H29F2N7O3/c36-26-15-23-28(16-29(26)43-12-10-38-11-13-43)44(22-7-8-22)18-25(32(23)45)34(46)42-21-6-9-30(27(37)14-21)47-35-31-24(20-4-2-1-3-5-20)17-39-33(31)40-19-41-35/h1-6,9,14-19,22,38H,7-8,10-13H2,(H,42,46)(H,39,40,41). The van der Waals surface area contributed by atoms with Crippen LogP contribution in [0.25, 0.3) is 33.1 Å². The lowest BCUT2D eigenvalue weighted by molar-refractivity contribution is 0.102. The van der Waals surface area contributed by atoms with Gasteiger partial charge in [0, 0.05) is 67.3 Å². The van der Waals surface area contributed by atoms with Crippen LogP contribution in [-0.4, -0.2) is 51.6 Å². The van der Waals surface area contributed by atoms with Crippen molar-refractivity contribution in [3.05, 3.63) is 107 Å². The fourth-order valence-electron chi connectivity index (χ4n) is 6.14. The molecule has 3 N–H and O–H groups in total. The Morgan fingerprint density at radius 2 is 1.79 bits per heavy atom. The first-order valence-electron chi connectivity index (χ1n) is 15.4. The summed E-state index contributed by atoms with van der Waals surface area (Å²) in [5.74, 6) is -1.92. The Bertz CT molecular complexity index is 2220. The first-order valence-corrected chi connectivity index (χ1v) is 15.4. The van der Waals surface area contributed by atoms with Crippen LogP contribution in [-0.2, 0) is 0 Å². The van der Waals surface area contributed by atoms with Crippen molar-refractivity contribution in [2.45, 2.75) is 18.9 Å². The molecule has 1 amide bonds. The molecule has 12 heteroatoms. The number of carbonyl (C=O) groups excluding carboxylic acids is 1. The van der Waals surface area contributed by atoms with Gasteiger partial charge in [0.2, 0.25) is 11.3 Å². The summed E-state index contributed by atoms with van der Waals surface area (Å²) >= 11 is 0. The average molecular weight is 634 g/mol. The van der Waals surface area contributed by atoms with Crippen LogP contribution < -0.4 is 25.7 Å². The quantitative estimate of drug-likeness (QED) is 0.197. The van der Waals surface area contributed by atoms with Crippen LogP contribution in [0.1, 0.15) is 29.2 Å². The van der Waals surface area contributed by atoms with Gasteiger partial charge in [0.25, 0.3) is 5.91 Å². The van der Waals surface area contributed by atoms with E-state index in [1.165, 1.54) is 30.7 Å². The minimum atomic E-state index is -0.747. The largest absolute Gasteiger partial charge is 0.435 e. The summed E-state index contributed by atoms with van der Waals surface area (Å²) < 4.78 is 38.6. The molecule has 0 radical (unpaired) electrons. The van der Waals surface area contributed by atoms with E-state index < -0.39 is 23.0 Å². The molecule has 8 rings (SSSR count). The minimum Gasteiger partial charge on any atom is -0.435 e. The van der Waals surface area contributed by atoms with E-state index in [-0.39, 0.29) is 34.3 Å². The van der Waals surface area contributed by atoms with Crippen LogP contribution >= 0.6 is 0 Å². The number of anilines is 2. The molecule has 2 fully saturated rings. The van der Waals surface area contributed by atoms with Crippen LogP contribution in [0.2, 0.25) is 0 Å². The van der Waals surface area contributed by atoms with Crippen LogP contribution in [0.4, 0.5) is 20.2 Å². The fourth-order valence-corrected chi connectivity index (χ4v) is 6.14. The molecule has 47 heavy (non-hydrogen) atoms. The number of hydrogen-bond donors (Lipinski definition) is 3. The summed E-state index contributed by atoms with van der Waals surface area (Å²) in [6.07, 6.45) is 6.43. The van der Waals surface area contributed by atoms with Crippen molar-refractivity contribution >= 4 is 39.2 Å². The second kappa shape index (κ2) is 11.6. The van der Waals surface area contributed by atoms with Crippen LogP contribution in [0.3, 0.4) is 0 Å². The highest BCUT2D eigenvalue weighted by Crippen LogP contribution is 2.39. The van der Waals surface area contributed by atoms with Gasteiger partial charge in [-0.15, -0.1) is 0 Å². The van der Waals surface area contributed by atoms with E-state index in [0.29, 0.717) is 35.3 Å². The lowest BCUT2D eigenvalue weighted by Gasteiger charge is -2.30. The molecule has 6 aromatic rings. The highest BCUT2D eigenvalue weighted by Gasteiger charge is 2.28. The summed E-state index contributed by atoms with van der Waals surface area (Å²) in [6, 6.07) is 16.6.